The zero-order valence-corrected chi connectivity index (χ0v) is 16.7. The second kappa shape index (κ2) is 10.3. The standard InChI is InChI=1S/C21H28N2O.C2H6/c1-15-3-13-20(14-4-15)24-21(22)18-7-5-16(6-8-18)17-9-11-19(23-2)12-10-17;1-2/h3-8,13-14,17,19,21,23H,9-12,22H2,1-2H3;1-2H3. The highest BCUT2D eigenvalue weighted by Gasteiger charge is 2.21. The van der Waals surface area contributed by atoms with E-state index >= 15 is 0 Å². The van der Waals surface area contributed by atoms with E-state index < -0.39 is 6.23 Å². The van der Waals surface area contributed by atoms with Gasteiger partial charge in [0.15, 0.2) is 6.23 Å². The molecule has 0 bridgehead atoms. The molecule has 26 heavy (non-hydrogen) atoms. The smallest absolute Gasteiger partial charge is 0.174 e. The van der Waals surface area contributed by atoms with Crippen LogP contribution in [0.25, 0.3) is 0 Å². The van der Waals surface area contributed by atoms with Gasteiger partial charge in [0.05, 0.1) is 0 Å². The number of nitrogens with two attached hydrogens (primary N) is 1. The minimum atomic E-state index is -0.429. The van der Waals surface area contributed by atoms with Crippen molar-refractivity contribution in [2.45, 2.75) is 64.6 Å². The first-order chi connectivity index (χ1) is 12.7. The van der Waals surface area contributed by atoms with Gasteiger partial charge in [0.25, 0.3) is 0 Å². The number of aryl methyl sites for hydroxylation is 1. The van der Waals surface area contributed by atoms with Crippen LogP contribution < -0.4 is 15.8 Å². The van der Waals surface area contributed by atoms with Crippen molar-refractivity contribution < 1.29 is 4.74 Å². The molecule has 3 N–H and O–H groups in total. The summed E-state index contributed by atoms with van der Waals surface area (Å²) in [6.45, 7) is 6.06. The predicted molar refractivity (Wildman–Crippen MR) is 111 cm³/mol. The van der Waals surface area contributed by atoms with Gasteiger partial charge in [-0.1, -0.05) is 55.8 Å². The lowest BCUT2D eigenvalue weighted by atomic mass is 9.81. The molecule has 3 rings (SSSR count). The maximum absolute atomic E-state index is 6.20. The summed E-state index contributed by atoms with van der Waals surface area (Å²) in [4.78, 5) is 0. The molecule has 1 saturated carbocycles. The predicted octanol–water partition coefficient (Wildman–Crippen LogP) is 5.30. The first-order valence-corrected chi connectivity index (χ1v) is 9.91. The number of rotatable bonds is 5. The minimum absolute atomic E-state index is 0.429. The lowest BCUT2D eigenvalue weighted by Crippen LogP contribution is -2.29. The van der Waals surface area contributed by atoms with Crippen LogP contribution in [0.1, 0.15) is 68.4 Å². The molecule has 142 valence electrons. The lowest BCUT2D eigenvalue weighted by Gasteiger charge is -2.28. The molecule has 0 radical (unpaired) electrons. The molecule has 0 aliphatic heterocycles. The van der Waals surface area contributed by atoms with Gasteiger partial charge in [0.1, 0.15) is 5.75 Å². The lowest BCUT2D eigenvalue weighted by molar-refractivity contribution is 0.214. The normalized spacial score (nSPS) is 20.7. The Morgan fingerprint density at radius 2 is 1.50 bits per heavy atom. The molecule has 0 saturated heterocycles. The second-order valence-electron chi connectivity index (χ2n) is 6.86. The molecule has 1 unspecified atom stereocenters. The van der Waals surface area contributed by atoms with Crippen LogP contribution in [0.15, 0.2) is 48.5 Å². The third-order valence-electron chi connectivity index (χ3n) is 5.16. The summed E-state index contributed by atoms with van der Waals surface area (Å²) in [7, 11) is 2.06. The van der Waals surface area contributed by atoms with E-state index in [9.17, 15) is 0 Å². The summed E-state index contributed by atoms with van der Waals surface area (Å²) in [5, 5.41) is 3.39. The average molecular weight is 355 g/mol. The second-order valence-corrected chi connectivity index (χ2v) is 6.86. The largest absolute Gasteiger partial charge is 0.471 e. The highest BCUT2D eigenvalue weighted by Crippen LogP contribution is 2.33. The first kappa shape index (κ1) is 20.5. The molecule has 3 nitrogen and oxygen atoms in total. The first-order valence-electron chi connectivity index (χ1n) is 9.91. The Bertz CT molecular complexity index is 628. The van der Waals surface area contributed by atoms with Crippen molar-refractivity contribution in [2.75, 3.05) is 7.05 Å². The van der Waals surface area contributed by atoms with Crippen LogP contribution >= 0.6 is 0 Å². The molecule has 0 spiro atoms. The highest BCUT2D eigenvalue weighted by molar-refractivity contribution is 5.30. The quantitative estimate of drug-likeness (QED) is 0.716. The van der Waals surface area contributed by atoms with Crippen molar-refractivity contribution in [1.82, 2.24) is 5.32 Å². The zero-order chi connectivity index (χ0) is 18.9. The molecule has 1 aliphatic carbocycles. The van der Waals surface area contributed by atoms with Crippen LogP contribution in [0.3, 0.4) is 0 Å². The summed E-state index contributed by atoms with van der Waals surface area (Å²) in [6, 6.07) is 17.3. The summed E-state index contributed by atoms with van der Waals surface area (Å²) >= 11 is 0. The van der Waals surface area contributed by atoms with Gasteiger partial charge in [-0.2, -0.15) is 0 Å². The van der Waals surface area contributed by atoms with Gasteiger partial charge in [0.2, 0.25) is 0 Å². The SMILES string of the molecule is CC.CNC1CCC(c2ccc(C(N)Oc3ccc(C)cc3)cc2)CC1. The van der Waals surface area contributed by atoms with Gasteiger partial charge >= 0.3 is 0 Å². The number of ether oxygens (including phenoxy) is 1. The van der Waals surface area contributed by atoms with Gasteiger partial charge in [0, 0.05) is 11.6 Å². The maximum atomic E-state index is 6.20. The van der Waals surface area contributed by atoms with Crippen molar-refractivity contribution in [3.8, 4) is 5.75 Å². The highest BCUT2D eigenvalue weighted by atomic mass is 16.5. The van der Waals surface area contributed by atoms with Crippen LogP contribution in [0.5, 0.6) is 5.75 Å². The molecule has 3 heteroatoms. The van der Waals surface area contributed by atoms with E-state index in [2.05, 4.69) is 43.6 Å². The van der Waals surface area contributed by atoms with Crippen LogP contribution in [0, 0.1) is 6.92 Å². The molecule has 0 amide bonds. The van der Waals surface area contributed by atoms with Gasteiger partial charge in [-0.05, 0) is 63.3 Å². The molecule has 1 aliphatic rings. The topological polar surface area (TPSA) is 47.3 Å². The van der Waals surface area contributed by atoms with Crippen molar-refractivity contribution in [3.63, 3.8) is 0 Å². The molecule has 1 fully saturated rings. The Kier molecular flexibility index (Phi) is 8.14. The Morgan fingerprint density at radius 1 is 0.923 bits per heavy atom. The molecule has 1 atom stereocenters. The van der Waals surface area contributed by atoms with Crippen LogP contribution in [-0.4, -0.2) is 13.1 Å². The third kappa shape index (κ3) is 5.58. The summed E-state index contributed by atoms with van der Waals surface area (Å²) < 4.78 is 5.84. The fourth-order valence-corrected chi connectivity index (χ4v) is 3.50. The summed E-state index contributed by atoms with van der Waals surface area (Å²) in [6.07, 6.45) is 4.62. The molecular weight excluding hydrogens is 320 g/mol. The third-order valence-corrected chi connectivity index (χ3v) is 5.16. The Hall–Kier alpha value is -1.84. The van der Waals surface area contributed by atoms with E-state index in [1.165, 1.54) is 36.8 Å². The number of benzene rings is 2. The van der Waals surface area contributed by atoms with Crippen LogP contribution in [0.2, 0.25) is 0 Å². The number of hydrogen-bond acceptors (Lipinski definition) is 3. The van der Waals surface area contributed by atoms with Crippen LogP contribution in [0.4, 0.5) is 0 Å². The van der Waals surface area contributed by atoms with E-state index in [1.54, 1.807) is 0 Å². The molecule has 0 aromatic heterocycles. The van der Waals surface area contributed by atoms with Crippen molar-refractivity contribution in [1.29, 1.82) is 0 Å². The van der Waals surface area contributed by atoms with E-state index in [1.807, 2.05) is 38.1 Å². The fourth-order valence-electron chi connectivity index (χ4n) is 3.50. The number of nitrogens with one attached hydrogen (secondary N) is 1. The Balaban J connectivity index is 0.00000117. The Morgan fingerprint density at radius 3 is 2.04 bits per heavy atom. The van der Waals surface area contributed by atoms with Crippen molar-refractivity contribution >= 4 is 0 Å². The summed E-state index contributed by atoms with van der Waals surface area (Å²) in [5.74, 6) is 1.49. The van der Waals surface area contributed by atoms with Crippen LogP contribution in [-0.2, 0) is 0 Å². The minimum Gasteiger partial charge on any atom is -0.471 e. The van der Waals surface area contributed by atoms with Gasteiger partial charge in [-0.15, -0.1) is 0 Å². The average Bonchev–Trinajstić information content (AvgIpc) is 2.71. The van der Waals surface area contributed by atoms with E-state index in [4.69, 9.17) is 10.5 Å². The Labute approximate surface area is 159 Å². The molecule has 0 heterocycles. The van der Waals surface area contributed by atoms with Crippen molar-refractivity contribution in [3.05, 3.63) is 65.2 Å². The maximum Gasteiger partial charge on any atom is 0.174 e. The van der Waals surface area contributed by atoms with E-state index in [0.717, 1.165) is 11.3 Å². The molecule has 2 aromatic rings. The van der Waals surface area contributed by atoms with Gasteiger partial charge < -0.3 is 10.1 Å². The molecule has 2 aromatic carbocycles. The van der Waals surface area contributed by atoms with E-state index in [0.29, 0.717) is 12.0 Å². The zero-order valence-electron chi connectivity index (χ0n) is 16.7. The van der Waals surface area contributed by atoms with E-state index in [-0.39, 0.29) is 0 Å². The van der Waals surface area contributed by atoms with Gasteiger partial charge in [-0.25, -0.2) is 0 Å². The number of hydrogen-bond donors (Lipinski definition) is 2. The summed E-state index contributed by atoms with van der Waals surface area (Å²) in [5.41, 5.74) is 9.86. The molecular formula is C23H34N2O. The van der Waals surface area contributed by atoms with Crippen molar-refractivity contribution in [2.24, 2.45) is 5.73 Å². The van der Waals surface area contributed by atoms with Gasteiger partial charge in [-0.3, -0.25) is 5.73 Å². The fraction of sp³-hybridized carbons (Fsp3) is 0.478. The monoisotopic (exact) mass is 354 g/mol.